The van der Waals surface area contributed by atoms with Crippen LogP contribution >= 0.6 is 0 Å². The van der Waals surface area contributed by atoms with Crippen molar-refractivity contribution in [1.29, 1.82) is 0 Å². The average Bonchev–Trinajstić information content (AvgIpc) is 3.32. The Morgan fingerprint density at radius 1 is 1.03 bits per heavy atom. The van der Waals surface area contributed by atoms with E-state index in [1.165, 1.54) is 19.3 Å². The Hall–Kier alpha value is -1.86. The molecule has 5 unspecified atom stereocenters. The van der Waals surface area contributed by atoms with Gasteiger partial charge in [0.1, 0.15) is 6.10 Å². The first-order valence-corrected chi connectivity index (χ1v) is 11.6. The van der Waals surface area contributed by atoms with E-state index in [9.17, 15) is 9.59 Å². The van der Waals surface area contributed by atoms with Crippen molar-refractivity contribution in [3.05, 3.63) is 41.7 Å². The van der Waals surface area contributed by atoms with E-state index in [2.05, 4.69) is 30.9 Å². The van der Waals surface area contributed by atoms with Gasteiger partial charge < -0.3 is 4.74 Å². The Morgan fingerprint density at radius 3 is 2.69 bits per heavy atom. The molecule has 1 saturated heterocycles. The van der Waals surface area contributed by atoms with Crippen LogP contribution in [-0.4, -0.2) is 17.9 Å². The molecule has 0 aromatic rings. The van der Waals surface area contributed by atoms with Crippen LogP contribution in [0.25, 0.3) is 0 Å². The monoisotopic (exact) mass is 394 g/mol. The third-order valence-corrected chi connectivity index (χ3v) is 7.61. The topological polar surface area (TPSA) is 43.4 Å². The molecule has 0 radical (unpaired) electrons. The molecule has 3 nitrogen and oxygen atoms in total. The third kappa shape index (κ3) is 4.21. The van der Waals surface area contributed by atoms with Crippen molar-refractivity contribution < 1.29 is 14.3 Å². The molecule has 4 aliphatic rings. The fourth-order valence-corrected chi connectivity index (χ4v) is 6.09. The summed E-state index contributed by atoms with van der Waals surface area (Å²) in [4.78, 5) is 26.2. The van der Waals surface area contributed by atoms with Crippen molar-refractivity contribution in [3.63, 3.8) is 0 Å². The molecule has 1 aliphatic heterocycles. The van der Waals surface area contributed by atoms with Crippen LogP contribution in [0.4, 0.5) is 0 Å². The van der Waals surface area contributed by atoms with Gasteiger partial charge in [-0.15, -0.1) is 5.73 Å². The van der Waals surface area contributed by atoms with Crippen LogP contribution in [0.5, 0.6) is 0 Å². The highest BCUT2D eigenvalue weighted by molar-refractivity contribution is 5.98. The minimum absolute atomic E-state index is 0.0222. The van der Waals surface area contributed by atoms with E-state index in [-0.39, 0.29) is 35.6 Å². The Labute approximate surface area is 175 Å². The summed E-state index contributed by atoms with van der Waals surface area (Å²) in [7, 11) is 0. The highest BCUT2D eigenvalue weighted by atomic mass is 16.5. The summed E-state index contributed by atoms with van der Waals surface area (Å²) in [6.07, 6.45) is 18.2. The number of hydrogen-bond acceptors (Lipinski definition) is 3. The smallest absolute Gasteiger partial charge is 0.307 e. The molecule has 156 valence electrons. The highest BCUT2D eigenvalue weighted by Crippen LogP contribution is 2.53. The van der Waals surface area contributed by atoms with Crippen molar-refractivity contribution >= 4 is 11.8 Å². The number of hydrogen-bond donors (Lipinski definition) is 0. The molecule has 4 rings (SSSR count). The van der Waals surface area contributed by atoms with Crippen molar-refractivity contribution in [3.8, 4) is 0 Å². The number of carbonyl (C=O) groups excluding carboxylic acids is 2. The largest absolute Gasteiger partial charge is 0.457 e. The number of esters is 1. The SMILES string of the molecule is CC=C=C[C@H]1CCCC[C@@H](C)C(=O)C2=CC3C(C=CC4CCCC43)C2CC(=O)O1. The fraction of sp³-hybridized carbons (Fsp3) is 0.654. The zero-order valence-corrected chi connectivity index (χ0v) is 17.8. The van der Waals surface area contributed by atoms with E-state index in [1.807, 2.05) is 19.1 Å². The summed E-state index contributed by atoms with van der Waals surface area (Å²) in [5.41, 5.74) is 4.00. The Balaban J connectivity index is 1.62. The second-order valence-corrected chi connectivity index (χ2v) is 9.43. The summed E-state index contributed by atoms with van der Waals surface area (Å²) in [6.45, 7) is 3.99. The number of ketones is 1. The Kier molecular flexibility index (Phi) is 6.25. The quantitative estimate of drug-likeness (QED) is 0.331. The van der Waals surface area contributed by atoms with E-state index < -0.39 is 0 Å². The van der Waals surface area contributed by atoms with Gasteiger partial charge in [-0.05, 0) is 80.4 Å². The normalized spacial score (nSPS) is 39.7. The fourth-order valence-electron chi connectivity index (χ4n) is 6.09. The molecule has 0 bridgehead atoms. The second kappa shape index (κ2) is 8.88. The number of allylic oxidation sites excluding steroid dienone is 4. The van der Waals surface area contributed by atoms with Gasteiger partial charge in [-0.25, -0.2) is 0 Å². The number of fused-ring (bicyclic) bond motifs is 5. The van der Waals surface area contributed by atoms with E-state index >= 15 is 0 Å². The maximum absolute atomic E-state index is 13.3. The van der Waals surface area contributed by atoms with Gasteiger partial charge in [-0.3, -0.25) is 9.59 Å². The molecule has 3 heteroatoms. The lowest BCUT2D eigenvalue weighted by Crippen LogP contribution is -2.31. The number of carbonyl (C=O) groups is 2. The Morgan fingerprint density at radius 2 is 1.86 bits per heavy atom. The van der Waals surface area contributed by atoms with E-state index in [1.54, 1.807) is 0 Å². The number of ether oxygens (including phenoxy) is 1. The van der Waals surface area contributed by atoms with Gasteiger partial charge in [0.25, 0.3) is 0 Å². The van der Waals surface area contributed by atoms with Crippen LogP contribution in [0.15, 0.2) is 41.7 Å². The average molecular weight is 395 g/mol. The standard InChI is InChI=1S/C26H34O3/c1-3-4-10-19-11-6-5-8-17(2)26(28)24-15-22-20-12-7-9-18(20)13-14-21(22)23(24)16-25(27)29-19/h3,10,13-15,17-23H,5-9,11-12,16H2,1-2H3/t4?,17-,18?,19+,20?,21?,22?,23?/m1/s1. The van der Waals surface area contributed by atoms with Crippen LogP contribution in [0, 0.1) is 35.5 Å². The zero-order valence-electron chi connectivity index (χ0n) is 17.8. The van der Waals surface area contributed by atoms with Gasteiger partial charge in [0.15, 0.2) is 5.78 Å². The predicted molar refractivity (Wildman–Crippen MR) is 114 cm³/mol. The molecule has 29 heavy (non-hydrogen) atoms. The molecule has 0 amide bonds. The first kappa shape index (κ1) is 20.4. The van der Waals surface area contributed by atoms with E-state index in [0.717, 1.165) is 31.3 Å². The van der Waals surface area contributed by atoms with Gasteiger partial charge in [0, 0.05) is 11.8 Å². The molecule has 0 aromatic heterocycles. The van der Waals surface area contributed by atoms with Crippen LogP contribution in [0.3, 0.4) is 0 Å². The zero-order chi connectivity index (χ0) is 20.4. The summed E-state index contributed by atoms with van der Waals surface area (Å²) in [5.74, 6) is 2.10. The van der Waals surface area contributed by atoms with Crippen molar-refractivity contribution in [2.75, 3.05) is 0 Å². The Bertz CT molecular complexity index is 767. The van der Waals surface area contributed by atoms with Crippen LogP contribution in [-0.2, 0) is 14.3 Å². The number of Topliss-reactive ketones (excluding diaryl/α,β-unsaturated/α-hetero) is 1. The van der Waals surface area contributed by atoms with Crippen LogP contribution in [0.2, 0.25) is 0 Å². The molecule has 0 aromatic carbocycles. The van der Waals surface area contributed by atoms with Gasteiger partial charge in [0.05, 0.1) is 6.42 Å². The maximum Gasteiger partial charge on any atom is 0.307 e. The van der Waals surface area contributed by atoms with Crippen molar-refractivity contribution in [2.24, 2.45) is 35.5 Å². The molecule has 0 spiro atoms. The van der Waals surface area contributed by atoms with E-state index in [0.29, 0.717) is 24.2 Å². The van der Waals surface area contributed by atoms with Gasteiger partial charge in [-0.1, -0.05) is 38.0 Å². The second-order valence-electron chi connectivity index (χ2n) is 9.43. The molecule has 1 heterocycles. The first-order valence-electron chi connectivity index (χ1n) is 11.6. The lowest BCUT2D eigenvalue weighted by Gasteiger charge is -2.34. The summed E-state index contributed by atoms with van der Waals surface area (Å²) >= 11 is 0. The van der Waals surface area contributed by atoms with Gasteiger partial charge in [0.2, 0.25) is 0 Å². The van der Waals surface area contributed by atoms with Crippen LogP contribution in [0.1, 0.15) is 65.2 Å². The number of cyclic esters (lactones) is 1. The summed E-state index contributed by atoms with van der Waals surface area (Å²) in [6, 6.07) is 0. The molecule has 3 aliphatic carbocycles. The third-order valence-electron chi connectivity index (χ3n) is 7.61. The van der Waals surface area contributed by atoms with Crippen molar-refractivity contribution in [2.45, 2.75) is 71.3 Å². The number of rotatable bonds is 1. The lowest BCUT2D eigenvalue weighted by atomic mass is 9.70. The van der Waals surface area contributed by atoms with Gasteiger partial charge >= 0.3 is 5.97 Å². The highest BCUT2D eigenvalue weighted by Gasteiger charge is 2.47. The van der Waals surface area contributed by atoms with E-state index in [4.69, 9.17) is 4.74 Å². The molecular formula is C26H34O3. The molecule has 0 N–H and O–H groups in total. The molecular weight excluding hydrogens is 360 g/mol. The summed E-state index contributed by atoms with van der Waals surface area (Å²) < 4.78 is 5.82. The lowest BCUT2D eigenvalue weighted by molar-refractivity contribution is -0.148. The minimum Gasteiger partial charge on any atom is -0.457 e. The summed E-state index contributed by atoms with van der Waals surface area (Å²) in [5, 5.41) is 0. The first-order chi connectivity index (χ1) is 14.1. The predicted octanol–water partition coefficient (Wildman–Crippen LogP) is 5.57. The molecule has 7 atom stereocenters. The van der Waals surface area contributed by atoms with Crippen molar-refractivity contribution in [1.82, 2.24) is 0 Å². The maximum atomic E-state index is 13.3. The molecule has 2 fully saturated rings. The van der Waals surface area contributed by atoms with Crippen LogP contribution < -0.4 is 0 Å². The molecule has 1 saturated carbocycles. The van der Waals surface area contributed by atoms with Gasteiger partial charge in [-0.2, -0.15) is 0 Å². The minimum atomic E-state index is -0.213.